The van der Waals surface area contributed by atoms with Crippen molar-refractivity contribution in [2.75, 3.05) is 26.2 Å². The fourth-order valence-corrected chi connectivity index (χ4v) is 1.33. The summed E-state index contributed by atoms with van der Waals surface area (Å²) in [5.74, 6) is -0.0188. The Kier molecular flexibility index (Phi) is 4.33. The molecule has 0 aromatic carbocycles. The Hall–Kier alpha value is -0.610. The zero-order chi connectivity index (χ0) is 12.2. The molecule has 0 bridgehead atoms. The quantitative estimate of drug-likeness (QED) is 0.710. The molecule has 1 rings (SSSR count). The fraction of sp³-hybridized carbons (Fsp3) is 0.917. The highest BCUT2D eigenvalue weighted by Crippen LogP contribution is 2.18. The van der Waals surface area contributed by atoms with Crippen molar-refractivity contribution in [3.63, 3.8) is 0 Å². The van der Waals surface area contributed by atoms with Crippen LogP contribution in [0.15, 0.2) is 0 Å². The molecule has 0 aromatic heterocycles. The molecule has 2 N–H and O–H groups in total. The number of rotatable bonds is 6. The van der Waals surface area contributed by atoms with E-state index in [2.05, 4.69) is 31.4 Å². The maximum atomic E-state index is 11.5. The van der Waals surface area contributed by atoms with Gasteiger partial charge in [0.15, 0.2) is 0 Å². The van der Waals surface area contributed by atoms with Gasteiger partial charge in [0.2, 0.25) is 5.91 Å². The average molecular weight is 228 g/mol. The van der Waals surface area contributed by atoms with Crippen molar-refractivity contribution < 1.29 is 9.53 Å². The molecule has 0 aromatic rings. The van der Waals surface area contributed by atoms with Gasteiger partial charge < -0.3 is 15.4 Å². The van der Waals surface area contributed by atoms with Gasteiger partial charge in [0, 0.05) is 19.6 Å². The largest absolute Gasteiger partial charge is 0.363 e. The summed E-state index contributed by atoms with van der Waals surface area (Å²) >= 11 is 0. The van der Waals surface area contributed by atoms with E-state index in [9.17, 15) is 4.79 Å². The van der Waals surface area contributed by atoms with Gasteiger partial charge in [-0.15, -0.1) is 0 Å². The highest BCUT2D eigenvalue weighted by atomic mass is 16.5. The van der Waals surface area contributed by atoms with Gasteiger partial charge in [-0.05, 0) is 18.8 Å². The Morgan fingerprint density at radius 1 is 1.50 bits per heavy atom. The lowest BCUT2D eigenvalue weighted by Crippen LogP contribution is -2.59. The monoisotopic (exact) mass is 228 g/mol. The molecule has 0 aliphatic carbocycles. The zero-order valence-electron chi connectivity index (χ0n) is 10.9. The molecule has 0 saturated carbocycles. The van der Waals surface area contributed by atoms with Crippen molar-refractivity contribution >= 4 is 5.91 Å². The van der Waals surface area contributed by atoms with E-state index < -0.39 is 0 Å². The van der Waals surface area contributed by atoms with Crippen LogP contribution in [-0.2, 0) is 9.53 Å². The molecule has 16 heavy (non-hydrogen) atoms. The van der Waals surface area contributed by atoms with E-state index in [0.29, 0.717) is 6.54 Å². The van der Waals surface area contributed by atoms with Crippen LogP contribution in [0.3, 0.4) is 0 Å². The van der Waals surface area contributed by atoms with Crippen LogP contribution < -0.4 is 10.6 Å². The third-order valence-corrected chi connectivity index (χ3v) is 3.27. The van der Waals surface area contributed by atoms with E-state index >= 15 is 0 Å². The second kappa shape index (κ2) is 5.15. The van der Waals surface area contributed by atoms with Crippen LogP contribution in [0.25, 0.3) is 0 Å². The van der Waals surface area contributed by atoms with E-state index in [1.54, 1.807) is 0 Å². The minimum absolute atomic E-state index is 0.0188. The van der Waals surface area contributed by atoms with E-state index in [4.69, 9.17) is 4.74 Å². The second-order valence-corrected chi connectivity index (χ2v) is 5.64. The first-order valence-electron chi connectivity index (χ1n) is 5.98. The third kappa shape index (κ3) is 4.10. The number of hydrogen-bond donors (Lipinski definition) is 2. The summed E-state index contributed by atoms with van der Waals surface area (Å²) in [6.07, 6.45) is 1.05. The molecule has 4 heteroatoms. The molecule has 1 heterocycles. The van der Waals surface area contributed by atoms with Gasteiger partial charge in [0.1, 0.15) is 6.61 Å². The number of ether oxygens (including phenoxy) is 1. The first kappa shape index (κ1) is 13.5. The standard InChI is InChI=1S/C12H24N2O2/c1-5-11(2,3)7-14-10(15)6-16-12(4)8-13-9-12/h13H,5-9H2,1-4H3,(H,14,15). The minimum atomic E-state index is -0.141. The minimum Gasteiger partial charge on any atom is -0.363 e. The second-order valence-electron chi connectivity index (χ2n) is 5.64. The van der Waals surface area contributed by atoms with Gasteiger partial charge in [-0.1, -0.05) is 20.8 Å². The maximum Gasteiger partial charge on any atom is 0.246 e. The maximum absolute atomic E-state index is 11.5. The predicted octanol–water partition coefficient (Wildman–Crippen LogP) is 0.917. The van der Waals surface area contributed by atoms with Crippen LogP contribution in [0, 0.1) is 5.41 Å². The SMILES string of the molecule is CCC(C)(C)CNC(=O)COC1(C)CNC1. The van der Waals surface area contributed by atoms with Gasteiger partial charge in [-0.2, -0.15) is 0 Å². The molecular formula is C12H24N2O2. The molecule has 1 aliphatic rings. The lowest BCUT2D eigenvalue weighted by atomic mass is 9.90. The number of carbonyl (C=O) groups is 1. The lowest BCUT2D eigenvalue weighted by Gasteiger charge is -2.38. The summed E-state index contributed by atoms with van der Waals surface area (Å²) < 4.78 is 5.55. The van der Waals surface area contributed by atoms with Gasteiger partial charge in [0.05, 0.1) is 5.60 Å². The Morgan fingerprint density at radius 3 is 2.56 bits per heavy atom. The first-order valence-corrected chi connectivity index (χ1v) is 5.98. The van der Waals surface area contributed by atoms with Crippen molar-refractivity contribution in [2.24, 2.45) is 5.41 Å². The van der Waals surface area contributed by atoms with Crippen LogP contribution in [0.2, 0.25) is 0 Å². The van der Waals surface area contributed by atoms with Crippen LogP contribution in [-0.4, -0.2) is 37.7 Å². The molecule has 1 saturated heterocycles. The summed E-state index contributed by atoms with van der Waals surface area (Å²) in [5, 5.41) is 6.04. The first-order chi connectivity index (χ1) is 7.37. The molecule has 0 atom stereocenters. The fourth-order valence-electron chi connectivity index (χ4n) is 1.33. The van der Waals surface area contributed by atoms with Gasteiger partial charge in [0.25, 0.3) is 0 Å². The number of nitrogens with one attached hydrogen (secondary N) is 2. The Balaban J connectivity index is 2.16. The van der Waals surface area contributed by atoms with Crippen LogP contribution in [0.4, 0.5) is 0 Å². The van der Waals surface area contributed by atoms with Crippen molar-refractivity contribution in [1.29, 1.82) is 0 Å². The molecule has 1 amide bonds. The summed E-state index contributed by atoms with van der Waals surface area (Å²) in [6, 6.07) is 0. The van der Waals surface area contributed by atoms with E-state index in [1.165, 1.54) is 0 Å². The molecule has 4 nitrogen and oxygen atoms in total. The molecular weight excluding hydrogens is 204 g/mol. The molecule has 0 radical (unpaired) electrons. The predicted molar refractivity (Wildman–Crippen MR) is 64.3 cm³/mol. The molecule has 94 valence electrons. The highest BCUT2D eigenvalue weighted by Gasteiger charge is 2.33. The summed E-state index contributed by atoms with van der Waals surface area (Å²) in [4.78, 5) is 11.5. The Bertz CT molecular complexity index is 230. The molecule has 0 unspecified atom stereocenters. The Morgan fingerprint density at radius 2 is 2.12 bits per heavy atom. The highest BCUT2D eigenvalue weighted by molar-refractivity contribution is 5.77. The summed E-state index contributed by atoms with van der Waals surface area (Å²) in [6.45, 7) is 11.0. The Labute approximate surface area is 98.1 Å². The van der Waals surface area contributed by atoms with E-state index in [-0.39, 0.29) is 23.5 Å². The van der Waals surface area contributed by atoms with Crippen molar-refractivity contribution in [3.05, 3.63) is 0 Å². The average Bonchev–Trinajstić information content (AvgIpc) is 2.21. The van der Waals surface area contributed by atoms with Crippen molar-refractivity contribution in [1.82, 2.24) is 10.6 Å². The van der Waals surface area contributed by atoms with E-state index in [1.807, 2.05) is 6.92 Å². The van der Waals surface area contributed by atoms with Gasteiger partial charge >= 0.3 is 0 Å². The topological polar surface area (TPSA) is 50.4 Å². The molecule has 1 aliphatic heterocycles. The van der Waals surface area contributed by atoms with Crippen LogP contribution in [0.1, 0.15) is 34.1 Å². The third-order valence-electron chi connectivity index (χ3n) is 3.27. The number of amides is 1. The van der Waals surface area contributed by atoms with Gasteiger partial charge in [-0.25, -0.2) is 0 Å². The normalized spacial score (nSPS) is 19.0. The van der Waals surface area contributed by atoms with Crippen LogP contribution in [0.5, 0.6) is 0 Å². The number of carbonyl (C=O) groups excluding carboxylic acids is 1. The van der Waals surface area contributed by atoms with E-state index in [0.717, 1.165) is 19.5 Å². The summed E-state index contributed by atoms with van der Waals surface area (Å²) in [7, 11) is 0. The smallest absolute Gasteiger partial charge is 0.246 e. The van der Waals surface area contributed by atoms with Crippen molar-refractivity contribution in [3.8, 4) is 0 Å². The van der Waals surface area contributed by atoms with Crippen LogP contribution >= 0.6 is 0 Å². The number of hydrogen-bond acceptors (Lipinski definition) is 3. The van der Waals surface area contributed by atoms with Gasteiger partial charge in [-0.3, -0.25) is 4.79 Å². The van der Waals surface area contributed by atoms with Crippen molar-refractivity contribution in [2.45, 2.75) is 39.7 Å². The zero-order valence-corrected chi connectivity index (χ0v) is 10.9. The lowest BCUT2D eigenvalue weighted by molar-refractivity contribution is -0.136. The molecule has 0 spiro atoms. The summed E-state index contributed by atoms with van der Waals surface area (Å²) in [5.41, 5.74) is 0.0230. The molecule has 1 fully saturated rings.